The van der Waals surface area contributed by atoms with Crippen LogP contribution in [0.2, 0.25) is 0 Å². The molecule has 0 aromatic carbocycles. The Hall–Kier alpha value is -2.32. The number of anilines is 2. The van der Waals surface area contributed by atoms with E-state index in [1.807, 2.05) is 24.4 Å². The van der Waals surface area contributed by atoms with Crippen molar-refractivity contribution in [3.05, 3.63) is 44.1 Å². The summed E-state index contributed by atoms with van der Waals surface area (Å²) in [4.78, 5) is 25.4. The van der Waals surface area contributed by atoms with Gasteiger partial charge in [0.1, 0.15) is 4.88 Å². The molecule has 0 spiro atoms. The van der Waals surface area contributed by atoms with Crippen molar-refractivity contribution in [3.8, 4) is 0 Å². The highest BCUT2D eigenvalue weighted by Gasteiger charge is 2.38. The molecule has 5 N–H and O–H groups in total. The van der Waals surface area contributed by atoms with Gasteiger partial charge >= 0.3 is 5.97 Å². The number of carbonyl (C=O) groups excluding carboxylic acids is 2. The molecule has 3 rings (SSSR count). The van der Waals surface area contributed by atoms with Crippen LogP contribution in [-0.4, -0.2) is 18.5 Å². The largest absolute Gasteiger partial charge is 0.463 e. The maximum atomic E-state index is 12.5. The fraction of sp³-hybridized carbons (Fsp3) is 0.250. The second-order valence-electron chi connectivity index (χ2n) is 5.28. The van der Waals surface area contributed by atoms with E-state index in [2.05, 4.69) is 5.32 Å². The maximum absolute atomic E-state index is 12.5. The van der Waals surface area contributed by atoms with Crippen LogP contribution in [0, 0.1) is 0 Å². The number of nitrogen functional groups attached to an aromatic ring is 1. The number of thiophene rings is 2. The standard InChI is InChI=1S/C16H17N3O3S2/c1-3-22-16(21)9-7(2)19-15-11(10(9)8-5-4-6-23-8)12(17)13(24-15)14(18)20/h4-6,10,19H,3,17H2,1-2H3,(H2,18,20)/t10-/m1/s1. The molecule has 2 aromatic heterocycles. The smallest absolute Gasteiger partial charge is 0.336 e. The van der Waals surface area contributed by atoms with Gasteiger partial charge in [-0.25, -0.2) is 4.79 Å². The van der Waals surface area contributed by atoms with Gasteiger partial charge in [-0.1, -0.05) is 6.07 Å². The van der Waals surface area contributed by atoms with E-state index in [0.717, 1.165) is 9.88 Å². The zero-order valence-corrected chi connectivity index (χ0v) is 14.8. The first-order chi connectivity index (χ1) is 11.5. The molecule has 3 heterocycles. The van der Waals surface area contributed by atoms with E-state index in [4.69, 9.17) is 16.2 Å². The summed E-state index contributed by atoms with van der Waals surface area (Å²) < 4.78 is 5.23. The highest BCUT2D eigenvalue weighted by atomic mass is 32.1. The first-order valence-electron chi connectivity index (χ1n) is 7.35. The molecule has 0 bridgehead atoms. The lowest BCUT2D eigenvalue weighted by Gasteiger charge is -2.27. The van der Waals surface area contributed by atoms with Crippen molar-refractivity contribution < 1.29 is 14.3 Å². The van der Waals surface area contributed by atoms with Gasteiger partial charge < -0.3 is 21.5 Å². The third kappa shape index (κ3) is 2.57. The van der Waals surface area contributed by atoms with Gasteiger partial charge in [0.2, 0.25) is 0 Å². The molecule has 24 heavy (non-hydrogen) atoms. The fourth-order valence-electron chi connectivity index (χ4n) is 2.84. The number of hydrogen-bond donors (Lipinski definition) is 3. The van der Waals surface area contributed by atoms with Crippen LogP contribution in [0.15, 0.2) is 28.8 Å². The van der Waals surface area contributed by atoms with E-state index in [-0.39, 0.29) is 12.5 Å². The molecule has 0 unspecified atom stereocenters. The number of hydrogen-bond acceptors (Lipinski definition) is 7. The van der Waals surface area contributed by atoms with E-state index >= 15 is 0 Å². The number of amides is 1. The molecule has 1 atom stereocenters. The molecule has 8 heteroatoms. The van der Waals surface area contributed by atoms with Crippen LogP contribution in [0.1, 0.15) is 39.9 Å². The summed E-state index contributed by atoms with van der Waals surface area (Å²) in [7, 11) is 0. The van der Waals surface area contributed by atoms with Crippen LogP contribution >= 0.6 is 22.7 Å². The molecule has 1 amide bonds. The van der Waals surface area contributed by atoms with Gasteiger partial charge in [0, 0.05) is 16.1 Å². The average molecular weight is 363 g/mol. The van der Waals surface area contributed by atoms with Gasteiger partial charge in [-0.15, -0.1) is 22.7 Å². The van der Waals surface area contributed by atoms with Crippen molar-refractivity contribution >= 4 is 45.2 Å². The molecule has 0 radical (unpaired) electrons. The summed E-state index contributed by atoms with van der Waals surface area (Å²) in [5, 5.41) is 5.85. The number of primary amides is 1. The first kappa shape index (κ1) is 16.5. The minimum absolute atomic E-state index is 0.283. The first-order valence-corrected chi connectivity index (χ1v) is 9.05. The fourth-order valence-corrected chi connectivity index (χ4v) is 4.75. The Morgan fingerprint density at radius 2 is 2.17 bits per heavy atom. The summed E-state index contributed by atoms with van der Waals surface area (Å²) in [5.74, 6) is -1.34. The van der Waals surface area contributed by atoms with Crippen LogP contribution < -0.4 is 16.8 Å². The van der Waals surface area contributed by atoms with Gasteiger partial charge in [-0.05, 0) is 25.3 Å². The molecule has 0 fully saturated rings. The lowest BCUT2D eigenvalue weighted by molar-refractivity contribution is -0.138. The summed E-state index contributed by atoms with van der Waals surface area (Å²) in [6.45, 7) is 3.86. The van der Waals surface area contributed by atoms with Crippen molar-refractivity contribution in [1.29, 1.82) is 0 Å². The molecular weight excluding hydrogens is 346 g/mol. The number of nitrogens with one attached hydrogen (secondary N) is 1. The monoisotopic (exact) mass is 363 g/mol. The topological polar surface area (TPSA) is 107 Å². The Balaban J connectivity index is 2.22. The molecule has 0 aliphatic carbocycles. The molecule has 126 valence electrons. The van der Waals surface area contributed by atoms with Gasteiger partial charge in [0.25, 0.3) is 5.91 Å². The third-order valence-corrected chi connectivity index (χ3v) is 5.90. The van der Waals surface area contributed by atoms with E-state index in [9.17, 15) is 9.59 Å². The van der Waals surface area contributed by atoms with Crippen LogP contribution in [0.5, 0.6) is 0 Å². The molecule has 6 nitrogen and oxygen atoms in total. The minimum atomic E-state index is -0.575. The number of ether oxygens (including phenoxy) is 1. The lowest BCUT2D eigenvalue weighted by atomic mass is 9.86. The van der Waals surface area contributed by atoms with Crippen LogP contribution in [0.25, 0.3) is 0 Å². The second-order valence-corrected chi connectivity index (χ2v) is 7.28. The predicted molar refractivity (Wildman–Crippen MR) is 96.4 cm³/mol. The van der Waals surface area contributed by atoms with E-state index in [0.29, 0.717) is 27.4 Å². The Morgan fingerprint density at radius 3 is 2.75 bits per heavy atom. The van der Waals surface area contributed by atoms with Gasteiger partial charge in [-0.2, -0.15) is 0 Å². The normalized spacial score (nSPS) is 16.5. The lowest BCUT2D eigenvalue weighted by Crippen LogP contribution is -2.23. The van der Waals surface area contributed by atoms with E-state index in [1.54, 1.807) is 6.92 Å². The van der Waals surface area contributed by atoms with Crippen molar-refractivity contribution in [2.24, 2.45) is 5.73 Å². The summed E-state index contributed by atoms with van der Waals surface area (Å²) in [5.41, 5.74) is 13.9. The van der Waals surface area contributed by atoms with Crippen molar-refractivity contribution in [1.82, 2.24) is 0 Å². The van der Waals surface area contributed by atoms with E-state index < -0.39 is 11.9 Å². The highest BCUT2D eigenvalue weighted by Crippen LogP contribution is 2.50. The molecule has 2 aromatic rings. The van der Waals surface area contributed by atoms with Crippen LogP contribution in [0.3, 0.4) is 0 Å². The SMILES string of the molecule is CCOC(=O)C1=C(C)Nc2sc(C(N)=O)c(N)c2[C@@H]1c1cccs1. The summed E-state index contributed by atoms with van der Waals surface area (Å²) in [6, 6.07) is 3.86. The predicted octanol–water partition coefficient (Wildman–Crippen LogP) is 2.89. The number of carbonyl (C=O) groups is 2. The number of rotatable bonds is 4. The van der Waals surface area contributed by atoms with E-state index in [1.165, 1.54) is 22.7 Å². The van der Waals surface area contributed by atoms with Crippen molar-refractivity contribution in [2.75, 3.05) is 17.7 Å². The van der Waals surface area contributed by atoms with Crippen molar-refractivity contribution in [2.45, 2.75) is 19.8 Å². The zero-order valence-electron chi connectivity index (χ0n) is 13.2. The average Bonchev–Trinajstić information content (AvgIpc) is 3.14. The zero-order chi connectivity index (χ0) is 17.4. The van der Waals surface area contributed by atoms with Crippen LogP contribution in [0.4, 0.5) is 10.7 Å². The molecule has 1 aliphatic heterocycles. The van der Waals surface area contributed by atoms with Gasteiger partial charge in [0.05, 0.1) is 28.8 Å². The highest BCUT2D eigenvalue weighted by molar-refractivity contribution is 7.19. The molecule has 1 aliphatic rings. The Kier molecular flexibility index (Phi) is 4.33. The third-order valence-electron chi connectivity index (χ3n) is 3.81. The number of allylic oxidation sites excluding steroid dienone is 1. The van der Waals surface area contributed by atoms with Crippen molar-refractivity contribution in [3.63, 3.8) is 0 Å². The number of fused-ring (bicyclic) bond motifs is 1. The Labute approximate surface area is 147 Å². The van der Waals surface area contributed by atoms with Gasteiger partial charge in [-0.3, -0.25) is 4.79 Å². The number of nitrogens with two attached hydrogens (primary N) is 2. The summed E-state index contributed by atoms with van der Waals surface area (Å²) in [6.07, 6.45) is 0. The molecule has 0 saturated heterocycles. The molecule has 0 saturated carbocycles. The van der Waals surface area contributed by atoms with Gasteiger partial charge in [0.15, 0.2) is 0 Å². The quantitative estimate of drug-likeness (QED) is 0.724. The minimum Gasteiger partial charge on any atom is -0.463 e. The maximum Gasteiger partial charge on any atom is 0.336 e. The summed E-state index contributed by atoms with van der Waals surface area (Å²) >= 11 is 2.73. The van der Waals surface area contributed by atoms with Crippen LogP contribution in [-0.2, 0) is 9.53 Å². The number of esters is 1. The Morgan fingerprint density at radius 1 is 1.42 bits per heavy atom. The molecular formula is C16H17N3O3S2. The second kappa shape index (κ2) is 6.29. The Bertz CT molecular complexity index is 837.